The lowest BCUT2D eigenvalue weighted by molar-refractivity contribution is 0.130. The van der Waals surface area contributed by atoms with E-state index in [1.807, 2.05) is 0 Å². The summed E-state index contributed by atoms with van der Waals surface area (Å²) in [5.41, 5.74) is -0.565. The van der Waals surface area contributed by atoms with Gasteiger partial charge in [-0.3, -0.25) is 4.99 Å². The van der Waals surface area contributed by atoms with Gasteiger partial charge in [0.2, 0.25) is 15.9 Å². The van der Waals surface area contributed by atoms with E-state index in [4.69, 9.17) is 16.3 Å². The second-order valence-corrected chi connectivity index (χ2v) is 9.65. The van der Waals surface area contributed by atoms with Gasteiger partial charge in [0.05, 0.1) is 10.8 Å². The fourth-order valence-corrected chi connectivity index (χ4v) is 5.51. The average Bonchev–Trinajstić information content (AvgIpc) is 3.19. The molecule has 2 aliphatic rings. The molecule has 4 rings (SSSR count). The van der Waals surface area contributed by atoms with Crippen LogP contribution >= 0.6 is 11.6 Å². The van der Waals surface area contributed by atoms with Crippen molar-refractivity contribution in [3.05, 3.63) is 59.0 Å². The molecule has 0 aliphatic carbocycles. The number of nitrogens with zero attached hydrogens (tertiary/aromatic N) is 4. The highest BCUT2D eigenvalue weighted by Gasteiger charge is 2.40. The Hall–Kier alpha value is -2.36. The van der Waals surface area contributed by atoms with Crippen molar-refractivity contribution in [1.29, 1.82) is 0 Å². The summed E-state index contributed by atoms with van der Waals surface area (Å²) in [6.45, 7) is 0.669. The monoisotopic (exact) mass is 450 g/mol. The highest BCUT2D eigenvalue weighted by Crippen LogP contribution is 2.31. The van der Waals surface area contributed by atoms with Crippen molar-refractivity contribution in [3.8, 4) is 5.88 Å². The zero-order chi connectivity index (χ0) is 21.2. The molecule has 3 heterocycles. The zero-order valence-electron chi connectivity index (χ0n) is 16.0. The van der Waals surface area contributed by atoms with Gasteiger partial charge in [-0.25, -0.2) is 27.1 Å². The number of pyridine rings is 1. The molecule has 1 fully saturated rings. The smallest absolute Gasteiger partial charge is 0.217 e. The molecule has 1 saturated heterocycles. The first-order chi connectivity index (χ1) is 14.4. The molecule has 0 amide bonds. The van der Waals surface area contributed by atoms with Crippen LogP contribution in [0.4, 0.5) is 4.39 Å². The predicted octanol–water partition coefficient (Wildman–Crippen LogP) is 3.06. The topological polar surface area (TPSA) is 84.2 Å². The quantitative estimate of drug-likeness (QED) is 0.677. The lowest BCUT2D eigenvalue weighted by Crippen LogP contribution is -2.46. The van der Waals surface area contributed by atoms with Crippen molar-refractivity contribution in [2.75, 3.05) is 18.8 Å². The van der Waals surface area contributed by atoms with Crippen LogP contribution in [0.2, 0.25) is 5.02 Å². The van der Waals surface area contributed by atoms with Gasteiger partial charge < -0.3 is 4.74 Å². The minimum Gasteiger partial charge on any atom is -0.474 e. The summed E-state index contributed by atoms with van der Waals surface area (Å²) in [6.07, 6.45) is 5.31. The maximum absolute atomic E-state index is 13.3. The number of benzene rings is 1. The Kier molecular flexibility index (Phi) is 5.86. The molecule has 158 valence electrons. The SMILES string of the molecule is O=S(=O)(CC1(c2ccc(F)cc2)C=NC=N1)N1CCC(Oc2ccc(Cl)cn2)CC1. The third-order valence-corrected chi connectivity index (χ3v) is 7.35. The Morgan fingerprint density at radius 3 is 2.50 bits per heavy atom. The molecule has 2 aromatic rings. The Balaban J connectivity index is 1.42. The molecule has 0 spiro atoms. The molecule has 1 unspecified atom stereocenters. The number of hydrogen-bond acceptors (Lipinski definition) is 6. The van der Waals surface area contributed by atoms with Gasteiger partial charge in [0.25, 0.3) is 0 Å². The highest BCUT2D eigenvalue weighted by molar-refractivity contribution is 7.89. The number of halogens is 2. The van der Waals surface area contributed by atoms with E-state index in [0.717, 1.165) is 0 Å². The molecule has 0 N–H and O–H groups in total. The summed E-state index contributed by atoms with van der Waals surface area (Å²) in [6, 6.07) is 9.05. The Labute approximate surface area is 179 Å². The van der Waals surface area contributed by atoms with E-state index < -0.39 is 21.4 Å². The first kappa shape index (κ1) is 20.9. The molecule has 0 radical (unpaired) electrons. The standard InChI is InChI=1S/C20H20ClFN4O3S/c21-16-3-6-19(24-11-16)29-18-7-9-26(10-8-18)30(27,28)13-20(12-23-14-25-20)15-1-4-17(22)5-2-15/h1-6,11-12,14,18H,7-10,13H2. The van der Waals surface area contributed by atoms with Crippen LogP contribution in [0.3, 0.4) is 0 Å². The normalized spacial score (nSPS) is 22.5. The van der Waals surface area contributed by atoms with Gasteiger partial charge in [-0.15, -0.1) is 0 Å². The third kappa shape index (κ3) is 4.53. The van der Waals surface area contributed by atoms with Crippen LogP contribution in [0, 0.1) is 5.82 Å². The molecule has 0 bridgehead atoms. The van der Waals surface area contributed by atoms with E-state index in [-0.39, 0.29) is 11.9 Å². The predicted molar refractivity (Wildman–Crippen MR) is 113 cm³/mol. The fraction of sp³-hybridized carbons (Fsp3) is 0.350. The fourth-order valence-electron chi connectivity index (χ4n) is 3.57. The van der Waals surface area contributed by atoms with E-state index in [9.17, 15) is 12.8 Å². The van der Waals surface area contributed by atoms with Crippen molar-refractivity contribution >= 4 is 34.2 Å². The largest absolute Gasteiger partial charge is 0.474 e. The maximum atomic E-state index is 13.3. The zero-order valence-corrected chi connectivity index (χ0v) is 17.6. The maximum Gasteiger partial charge on any atom is 0.217 e. The summed E-state index contributed by atoms with van der Waals surface area (Å²) in [7, 11) is -3.64. The molecular weight excluding hydrogens is 431 g/mol. The number of sulfonamides is 1. The molecular formula is C20H20ClFN4O3S. The van der Waals surface area contributed by atoms with Crippen LogP contribution in [-0.2, 0) is 15.6 Å². The lowest BCUT2D eigenvalue weighted by atomic mass is 9.94. The number of piperidine rings is 1. The van der Waals surface area contributed by atoms with Gasteiger partial charge in [-0.05, 0) is 36.6 Å². The van der Waals surface area contributed by atoms with E-state index in [1.165, 1.54) is 35.2 Å². The second-order valence-electron chi connectivity index (χ2n) is 7.24. The average molecular weight is 451 g/mol. The summed E-state index contributed by atoms with van der Waals surface area (Å²) < 4.78 is 46.9. The van der Waals surface area contributed by atoms with Crippen LogP contribution in [0.15, 0.2) is 52.6 Å². The Morgan fingerprint density at radius 1 is 1.17 bits per heavy atom. The summed E-state index contributed by atoms with van der Waals surface area (Å²) >= 11 is 5.83. The van der Waals surface area contributed by atoms with Crippen molar-refractivity contribution in [2.45, 2.75) is 24.5 Å². The molecule has 1 atom stereocenters. The summed E-state index contributed by atoms with van der Waals surface area (Å²) in [5.74, 6) is -0.198. The van der Waals surface area contributed by atoms with E-state index in [2.05, 4.69) is 15.0 Å². The lowest BCUT2D eigenvalue weighted by Gasteiger charge is -2.33. The minimum absolute atomic E-state index is 0.123. The number of hydrogen-bond donors (Lipinski definition) is 0. The molecule has 10 heteroatoms. The highest BCUT2D eigenvalue weighted by atomic mass is 35.5. The van der Waals surface area contributed by atoms with Gasteiger partial charge in [-0.1, -0.05) is 23.7 Å². The molecule has 2 aliphatic heterocycles. The number of ether oxygens (including phenoxy) is 1. The summed E-state index contributed by atoms with van der Waals surface area (Å²) in [5, 5.41) is 0.524. The van der Waals surface area contributed by atoms with Crippen LogP contribution in [0.5, 0.6) is 5.88 Å². The Morgan fingerprint density at radius 2 is 1.90 bits per heavy atom. The van der Waals surface area contributed by atoms with Crippen LogP contribution in [-0.4, -0.2) is 55.2 Å². The second kappa shape index (κ2) is 8.41. The Bertz CT molecular complexity index is 1040. The van der Waals surface area contributed by atoms with Crippen LogP contribution < -0.4 is 4.74 Å². The minimum atomic E-state index is -3.64. The first-order valence-electron chi connectivity index (χ1n) is 9.46. The molecule has 30 heavy (non-hydrogen) atoms. The number of aliphatic imine (C=N–C) groups is 2. The number of aromatic nitrogens is 1. The van der Waals surface area contributed by atoms with E-state index >= 15 is 0 Å². The van der Waals surface area contributed by atoms with E-state index in [1.54, 1.807) is 24.3 Å². The number of rotatable bonds is 6. The van der Waals surface area contributed by atoms with Crippen LogP contribution in [0.25, 0.3) is 0 Å². The van der Waals surface area contributed by atoms with Crippen molar-refractivity contribution in [2.24, 2.45) is 9.98 Å². The molecule has 1 aromatic heterocycles. The van der Waals surface area contributed by atoms with Crippen molar-refractivity contribution in [3.63, 3.8) is 0 Å². The molecule has 0 saturated carbocycles. The van der Waals surface area contributed by atoms with E-state index in [0.29, 0.717) is 42.4 Å². The van der Waals surface area contributed by atoms with Gasteiger partial charge in [0.15, 0.2) is 0 Å². The van der Waals surface area contributed by atoms with Gasteiger partial charge >= 0.3 is 0 Å². The summed E-state index contributed by atoms with van der Waals surface area (Å²) in [4.78, 5) is 12.4. The molecule has 7 nitrogen and oxygen atoms in total. The van der Waals surface area contributed by atoms with Gasteiger partial charge in [0.1, 0.15) is 23.8 Å². The third-order valence-electron chi connectivity index (χ3n) is 5.17. The first-order valence-corrected chi connectivity index (χ1v) is 11.5. The van der Waals surface area contributed by atoms with Gasteiger partial charge in [-0.2, -0.15) is 0 Å². The van der Waals surface area contributed by atoms with Crippen LogP contribution in [0.1, 0.15) is 18.4 Å². The van der Waals surface area contributed by atoms with Crippen molar-refractivity contribution in [1.82, 2.24) is 9.29 Å². The molecule has 1 aromatic carbocycles. The van der Waals surface area contributed by atoms with Crippen molar-refractivity contribution < 1.29 is 17.5 Å². The van der Waals surface area contributed by atoms with Gasteiger partial charge in [0, 0.05) is 31.6 Å².